The van der Waals surface area contributed by atoms with Crippen molar-refractivity contribution in [3.63, 3.8) is 0 Å². The molecule has 0 unspecified atom stereocenters. The zero-order valence-corrected chi connectivity index (χ0v) is 20.1. The highest BCUT2D eigenvalue weighted by Gasteiger charge is 2.23. The molecule has 1 aliphatic heterocycles. The number of pyridine rings is 1. The molecule has 1 saturated heterocycles. The van der Waals surface area contributed by atoms with E-state index in [-0.39, 0.29) is 0 Å². The summed E-state index contributed by atoms with van der Waals surface area (Å²) in [6.07, 6.45) is 9.63. The summed E-state index contributed by atoms with van der Waals surface area (Å²) in [5.74, 6) is 2.68. The average molecular weight is 453 g/mol. The fourth-order valence-electron chi connectivity index (χ4n) is 4.97. The number of thiocarbonyl (C=S) groups is 1. The lowest BCUT2D eigenvalue weighted by atomic mass is 9.87. The molecule has 2 fully saturated rings. The van der Waals surface area contributed by atoms with Crippen LogP contribution in [0.25, 0.3) is 0 Å². The number of benzene rings is 1. The van der Waals surface area contributed by atoms with E-state index in [1.54, 1.807) is 7.11 Å². The highest BCUT2D eigenvalue weighted by atomic mass is 32.1. The molecular formula is C26H36N4OS. The molecule has 1 aromatic carbocycles. The fourth-order valence-corrected chi connectivity index (χ4v) is 5.39. The smallest absolute Gasteiger partial charge is 0.142 e. The fraction of sp³-hybridized carbons (Fsp3) is 0.538. The van der Waals surface area contributed by atoms with E-state index in [9.17, 15) is 0 Å². The predicted octanol–water partition coefficient (Wildman–Crippen LogP) is 5.02. The second-order valence-electron chi connectivity index (χ2n) is 8.94. The number of ether oxygens (including phenoxy) is 1. The van der Waals surface area contributed by atoms with Gasteiger partial charge in [-0.05, 0) is 30.2 Å². The van der Waals surface area contributed by atoms with Gasteiger partial charge in [0.1, 0.15) is 11.6 Å². The van der Waals surface area contributed by atoms with Crippen LogP contribution >= 0.6 is 12.2 Å². The van der Waals surface area contributed by atoms with Crippen LogP contribution in [0.2, 0.25) is 0 Å². The quantitative estimate of drug-likeness (QED) is 0.523. The van der Waals surface area contributed by atoms with Crippen molar-refractivity contribution in [2.24, 2.45) is 5.92 Å². The summed E-state index contributed by atoms with van der Waals surface area (Å²) in [4.78, 5) is 12.9. The lowest BCUT2D eigenvalue weighted by Crippen LogP contribution is -2.49. The summed E-state index contributed by atoms with van der Waals surface area (Å²) in [6.45, 7) is 6.01. The maximum absolute atomic E-state index is 5.96. The molecule has 4 rings (SSSR count). The molecule has 0 radical (unpaired) electrons. The minimum Gasteiger partial charge on any atom is -0.495 e. The minimum atomic E-state index is 0.742. The number of hydrogen-bond acceptors (Lipinski definition) is 5. The molecule has 2 aromatic rings. The van der Waals surface area contributed by atoms with Gasteiger partial charge < -0.3 is 14.5 Å². The number of nitrogens with zero attached hydrogens (tertiary/aromatic N) is 4. The molecule has 0 bridgehead atoms. The van der Waals surface area contributed by atoms with Crippen molar-refractivity contribution >= 4 is 28.7 Å². The van der Waals surface area contributed by atoms with Crippen LogP contribution < -0.4 is 14.5 Å². The van der Waals surface area contributed by atoms with Gasteiger partial charge in [-0.2, -0.15) is 0 Å². The topological polar surface area (TPSA) is 31.8 Å². The zero-order chi connectivity index (χ0) is 22.2. The first-order valence-corrected chi connectivity index (χ1v) is 12.5. The van der Waals surface area contributed by atoms with Crippen LogP contribution in [0.15, 0.2) is 48.7 Å². The molecule has 6 heteroatoms. The van der Waals surface area contributed by atoms with Gasteiger partial charge in [-0.25, -0.2) is 4.98 Å². The molecule has 1 aromatic heterocycles. The van der Waals surface area contributed by atoms with Crippen LogP contribution in [0.3, 0.4) is 0 Å². The Labute approximate surface area is 198 Å². The van der Waals surface area contributed by atoms with Crippen LogP contribution in [0.1, 0.15) is 38.5 Å². The third-order valence-electron chi connectivity index (χ3n) is 6.85. The molecular weight excluding hydrogens is 416 g/mol. The molecule has 2 heterocycles. The van der Waals surface area contributed by atoms with E-state index >= 15 is 0 Å². The first kappa shape index (κ1) is 23.0. The van der Waals surface area contributed by atoms with E-state index in [4.69, 9.17) is 17.0 Å². The molecule has 172 valence electrons. The number of hydrogen-bond donors (Lipinski definition) is 0. The number of piperazine rings is 1. The highest BCUT2D eigenvalue weighted by molar-refractivity contribution is 7.80. The Bertz CT molecular complexity index is 848. The third kappa shape index (κ3) is 5.99. The van der Waals surface area contributed by atoms with Crippen LogP contribution in [-0.2, 0) is 0 Å². The number of para-hydroxylation sites is 2. The van der Waals surface area contributed by atoms with Crippen molar-refractivity contribution in [1.29, 1.82) is 0 Å². The molecule has 32 heavy (non-hydrogen) atoms. The Kier molecular flexibility index (Phi) is 8.35. The normalized spacial score (nSPS) is 17.8. The van der Waals surface area contributed by atoms with Crippen LogP contribution in [0.5, 0.6) is 5.75 Å². The van der Waals surface area contributed by atoms with E-state index in [1.807, 2.05) is 24.4 Å². The van der Waals surface area contributed by atoms with E-state index in [0.717, 1.165) is 68.2 Å². The average Bonchev–Trinajstić information content (AvgIpc) is 2.86. The van der Waals surface area contributed by atoms with Gasteiger partial charge in [0.2, 0.25) is 0 Å². The second kappa shape index (κ2) is 11.6. The van der Waals surface area contributed by atoms with Crippen LogP contribution in [0.4, 0.5) is 11.5 Å². The highest BCUT2D eigenvalue weighted by Crippen LogP contribution is 2.29. The number of aromatic nitrogens is 1. The third-order valence-corrected chi connectivity index (χ3v) is 7.24. The Balaban J connectivity index is 1.33. The van der Waals surface area contributed by atoms with Crippen molar-refractivity contribution in [1.82, 2.24) is 9.88 Å². The van der Waals surface area contributed by atoms with E-state index in [2.05, 4.69) is 43.9 Å². The maximum Gasteiger partial charge on any atom is 0.142 e. The first-order chi connectivity index (χ1) is 15.7. The first-order valence-electron chi connectivity index (χ1n) is 12.1. The lowest BCUT2D eigenvalue weighted by Gasteiger charge is -2.37. The number of methoxy groups -OCH3 is 1. The molecule has 1 aliphatic carbocycles. The van der Waals surface area contributed by atoms with Crippen molar-refractivity contribution < 1.29 is 4.74 Å². The van der Waals surface area contributed by atoms with Crippen LogP contribution in [0, 0.1) is 5.92 Å². The summed E-state index contributed by atoms with van der Waals surface area (Å²) >= 11 is 5.96. The van der Waals surface area contributed by atoms with Crippen molar-refractivity contribution in [2.45, 2.75) is 38.5 Å². The van der Waals surface area contributed by atoms with Gasteiger partial charge in [-0.15, -0.1) is 0 Å². The van der Waals surface area contributed by atoms with E-state index in [0.29, 0.717) is 0 Å². The van der Waals surface area contributed by atoms with Gasteiger partial charge in [0.25, 0.3) is 0 Å². The Hall–Kier alpha value is -2.18. The van der Waals surface area contributed by atoms with E-state index in [1.165, 1.54) is 37.8 Å². The summed E-state index contributed by atoms with van der Waals surface area (Å²) in [6, 6.07) is 14.4. The van der Waals surface area contributed by atoms with Crippen LogP contribution in [-0.4, -0.2) is 61.3 Å². The van der Waals surface area contributed by atoms with E-state index < -0.39 is 0 Å². The molecule has 0 amide bonds. The summed E-state index contributed by atoms with van der Waals surface area (Å²) in [5.41, 5.74) is 1.19. The van der Waals surface area contributed by atoms with Gasteiger partial charge >= 0.3 is 0 Å². The standard InChI is InChI=1S/C26H36N4OS/c1-31-24-12-6-5-11-23(24)29-18-15-28(16-19-29)17-20-30(25-13-7-8-14-27-25)26(32)21-22-9-3-2-4-10-22/h5-8,11-14,22H,2-4,9-10,15-21H2,1H3. The Morgan fingerprint density at radius 3 is 2.50 bits per heavy atom. The maximum atomic E-state index is 5.96. The van der Waals surface area contributed by atoms with Crippen molar-refractivity contribution in [3.8, 4) is 5.75 Å². The van der Waals surface area contributed by atoms with Gasteiger partial charge in [0, 0.05) is 51.9 Å². The molecule has 0 N–H and O–H groups in total. The van der Waals surface area contributed by atoms with Gasteiger partial charge in [0.05, 0.1) is 17.8 Å². The zero-order valence-electron chi connectivity index (χ0n) is 19.3. The monoisotopic (exact) mass is 452 g/mol. The molecule has 0 spiro atoms. The second-order valence-corrected chi connectivity index (χ2v) is 9.41. The minimum absolute atomic E-state index is 0.742. The van der Waals surface area contributed by atoms with Gasteiger partial charge in [0.15, 0.2) is 0 Å². The Morgan fingerprint density at radius 2 is 1.78 bits per heavy atom. The largest absolute Gasteiger partial charge is 0.495 e. The lowest BCUT2D eigenvalue weighted by molar-refractivity contribution is 0.264. The van der Waals surface area contributed by atoms with Crippen molar-refractivity contribution in [2.75, 3.05) is 56.2 Å². The predicted molar refractivity (Wildman–Crippen MR) is 137 cm³/mol. The number of anilines is 2. The molecule has 1 saturated carbocycles. The van der Waals surface area contributed by atoms with Crippen molar-refractivity contribution in [3.05, 3.63) is 48.7 Å². The molecule has 5 nitrogen and oxygen atoms in total. The summed E-state index contributed by atoms with van der Waals surface area (Å²) in [5, 5.41) is 0. The summed E-state index contributed by atoms with van der Waals surface area (Å²) < 4.78 is 5.56. The Morgan fingerprint density at radius 1 is 1.03 bits per heavy atom. The SMILES string of the molecule is COc1ccccc1N1CCN(CCN(C(=S)CC2CCCCC2)c2ccccn2)CC1. The van der Waals surface area contributed by atoms with Gasteiger partial charge in [-0.1, -0.05) is 62.5 Å². The molecule has 2 aliphatic rings. The summed E-state index contributed by atoms with van der Waals surface area (Å²) in [7, 11) is 1.75. The number of rotatable bonds is 8. The molecule has 0 atom stereocenters. The van der Waals surface area contributed by atoms with Gasteiger partial charge in [-0.3, -0.25) is 4.90 Å².